The summed E-state index contributed by atoms with van der Waals surface area (Å²) in [5.74, 6) is -0.0810. The van der Waals surface area contributed by atoms with Crippen LogP contribution in [-0.2, 0) is 4.79 Å². The Bertz CT molecular complexity index is 325. The molecule has 0 aliphatic rings. The number of nitrogens with zero attached hydrogens (tertiary/aromatic N) is 1. The number of hydrogen-bond acceptors (Lipinski definition) is 3. The van der Waals surface area contributed by atoms with Crippen molar-refractivity contribution in [3.63, 3.8) is 0 Å². The molecule has 0 saturated heterocycles. The maximum absolute atomic E-state index is 10.9. The summed E-state index contributed by atoms with van der Waals surface area (Å²) in [6.07, 6.45) is 3.37. The number of carbonyl (C=O) groups is 1. The van der Waals surface area contributed by atoms with Gasteiger partial charge in [0.05, 0.1) is 11.9 Å². The molecule has 1 heterocycles. The second kappa shape index (κ2) is 4.72. The first-order valence-corrected chi connectivity index (χ1v) is 4.54. The van der Waals surface area contributed by atoms with Crippen molar-refractivity contribution in [1.82, 2.24) is 10.3 Å². The van der Waals surface area contributed by atoms with Gasteiger partial charge in [0, 0.05) is 19.2 Å². The largest absolute Gasteiger partial charge is 0.325 e. The molecule has 0 fully saturated rings. The van der Waals surface area contributed by atoms with E-state index in [-0.39, 0.29) is 11.9 Å². The topological polar surface area (TPSA) is 54.0 Å². The summed E-state index contributed by atoms with van der Waals surface area (Å²) in [5, 5.41) is 5.86. The standard InChI is InChI=1S/C10H15N3O/c1-7(11-3)9-4-5-12-6-10(9)13-8(2)14/h4-7,11H,1-3H3,(H,13,14)/t7-/m1/s1. The zero-order valence-corrected chi connectivity index (χ0v) is 8.66. The van der Waals surface area contributed by atoms with E-state index in [0.717, 1.165) is 11.3 Å². The van der Waals surface area contributed by atoms with Crippen molar-refractivity contribution in [1.29, 1.82) is 0 Å². The summed E-state index contributed by atoms with van der Waals surface area (Å²) in [7, 11) is 1.88. The lowest BCUT2D eigenvalue weighted by Crippen LogP contribution is -2.16. The Hall–Kier alpha value is -1.42. The molecule has 14 heavy (non-hydrogen) atoms. The van der Waals surface area contributed by atoms with Crippen LogP contribution in [0.1, 0.15) is 25.5 Å². The summed E-state index contributed by atoms with van der Waals surface area (Å²) in [5.41, 5.74) is 1.81. The molecule has 1 aromatic rings. The van der Waals surface area contributed by atoms with Crippen LogP contribution >= 0.6 is 0 Å². The fourth-order valence-electron chi connectivity index (χ4n) is 1.23. The third-order valence-electron chi connectivity index (χ3n) is 2.07. The highest BCUT2D eigenvalue weighted by molar-refractivity contribution is 5.89. The van der Waals surface area contributed by atoms with Crippen LogP contribution in [0.2, 0.25) is 0 Å². The van der Waals surface area contributed by atoms with E-state index in [0.29, 0.717) is 0 Å². The van der Waals surface area contributed by atoms with E-state index in [1.54, 1.807) is 12.4 Å². The first kappa shape index (κ1) is 10.7. The molecule has 0 bridgehead atoms. The molecule has 1 atom stereocenters. The van der Waals surface area contributed by atoms with Gasteiger partial charge >= 0.3 is 0 Å². The van der Waals surface area contributed by atoms with E-state index < -0.39 is 0 Å². The molecule has 1 amide bonds. The van der Waals surface area contributed by atoms with E-state index in [2.05, 4.69) is 15.6 Å². The Morgan fingerprint density at radius 2 is 2.29 bits per heavy atom. The zero-order valence-electron chi connectivity index (χ0n) is 8.66. The molecule has 4 nitrogen and oxygen atoms in total. The number of carbonyl (C=O) groups excluding carboxylic acids is 1. The van der Waals surface area contributed by atoms with Gasteiger partial charge in [0.1, 0.15) is 0 Å². The van der Waals surface area contributed by atoms with Crippen molar-refractivity contribution >= 4 is 11.6 Å². The van der Waals surface area contributed by atoms with Crippen molar-refractivity contribution in [2.45, 2.75) is 19.9 Å². The minimum absolute atomic E-state index is 0.0810. The molecular weight excluding hydrogens is 178 g/mol. The van der Waals surface area contributed by atoms with E-state index in [1.807, 2.05) is 20.0 Å². The van der Waals surface area contributed by atoms with Crippen LogP contribution in [0.5, 0.6) is 0 Å². The van der Waals surface area contributed by atoms with Gasteiger partial charge in [0.25, 0.3) is 0 Å². The van der Waals surface area contributed by atoms with Crippen LogP contribution in [0.25, 0.3) is 0 Å². The lowest BCUT2D eigenvalue weighted by molar-refractivity contribution is -0.114. The van der Waals surface area contributed by atoms with Gasteiger partial charge in [0.15, 0.2) is 0 Å². The Kier molecular flexibility index (Phi) is 3.59. The smallest absolute Gasteiger partial charge is 0.221 e. The molecular formula is C10H15N3O. The van der Waals surface area contributed by atoms with Crippen LogP contribution in [0.15, 0.2) is 18.5 Å². The highest BCUT2D eigenvalue weighted by atomic mass is 16.1. The summed E-state index contributed by atoms with van der Waals surface area (Å²) < 4.78 is 0. The van der Waals surface area contributed by atoms with Crippen molar-refractivity contribution in [3.8, 4) is 0 Å². The Morgan fingerprint density at radius 3 is 2.86 bits per heavy atom. The molecule has 76 valence electrons. The van der Waals surface area contributed by atoms with Crippen molar-refractivity contribution in [3.05, 3.63) is 24.0 Å². The average Bonchev–Trinajstić information content (AvgIpc) is 2.16. The second-order valence-electron chi connectivity index (χ2n) is 3.15. The van der Waals surface area contributed by atoms with E-state index >= 15 is 0 Å². The number of rotatable bonds is 3. The van der Waals surface area contributed by atoms with Gasteiger partial charge in [-0.2, -0.15) is 0 Å². The lowest BCUT2D eigenvalue weighted by atomic mass is 10.1. The van der Waals surface area contributed by atoms with Gasteiger partial charge < -0.3 is 10.6 Å². The third-order valence-corrected chi connectivity index (χ3v) is 2.07. The van der Waals surface area contributed by atoms with Gasteiger partial charge in [-0.1, -0.05) is 0 Å². The van der Waals surface area contributed by atoms with Gasteiger partial charge in [-0.3, -0.25) is 9.78 Å². The Labute approximate surface area is 83.7 Å². The highest BCUT2D eigenvalue weighted by Gasteiger charge is 2.08. The highest BCUT2D eigenvalue weighted by Crippen LogP contribution is 2.20. The zero-order chi connectivity index (χ0) is 10.6. The second-order valence-corrected chi connectivity index (χ2v) is 3.15. The SMILES string of the molecule is CN[C@H](C)c1ccncc1NC(C)=O. The molecule has 0 saturated carbocycles. The van der Waals surface area contributed by atoms with Crippen LogP contribution in [0, 0.1) is 0 Å². The summed E-state index contributed by atoms with van der Waals surface area (Å²) in [6, 6.07) is 2.09. The predicted octanol–water partition coefficient (Wildman–Crippen LogP) is 1.32. The minimum Gasteiger partial charge on any atom is -0.325 e. The maximum atomic E-state index is 10.9. The molecule has 4 heteroatoms. The van der Waals surface area contributed by atoms with Crippen molar-refractivity contribution in [2.24, 2.45) is 0 Å². The number of anilines is 1. The maximum Gasteiger partial charge on any atom is 0.221 e. The van der Waals surface area contributed by atoms with Crippen LogP contribution in [0.4, 0.5) is 5.69 Å². The fraction of sp³-hybridized carbons (Fsp3) is 0.400. The quantitative estimate of drug-likeness (QED) is 0.761. The first-order valence-electron chi connectivity index (χ1n) is 4.54. The monoisotopic (exact) mass is 193 g/mol. The molecule has 1 rings (SSSR count). The van der Waals surface area contributed by atoms with E-state index in [9.17, 15) is 4.79 Å². The summed E-state index contributed by atoms with van der Waals surface area (Å²) in [6.45, 7) is 3.52. The number of pyridine rings is 1. The molecule has 1 aromatic heterocycles. The first-order chi connectivity index (χ1) is 6.65. The van der Waals surface area contributed by atoms with Crippen LogP contribution in [-0.4, -0.2) is 17.9 Å². The normalized spacial score (nSPS) is 12.2. The molecule has 0 aliphatic heterocycles. The van der Waals surface area contributed by atoms with Gasteiger partial charge in [-0.05, 0) is 25.6 Å². The molecule has 0 spiro atoms. The van der Waals surface area contributed by atoms with Crippen molar-refractivity contribution in [2.75, 3.05) is 12.4 Å². The van der Waals surface area contributed by atoms with Gasteiger partial charge in [0.2, 0.25) is 5.91 Å². The number of hydrogen-bond donors (Lipinski definition) is 2. The predicted molar refractivity (Wildman–Crippen MR) is 56.0 cm³/mol. The lowest BCUT2D eigenvalue weighted by Gasteiger charge is -2.14. The molecule has 0 unspecified atom stereocenters. The molecule has 0 radical (unpaired) electrons. The Morgan fingerprint density at radius 1 is 1.57 bits per heavy atom. The van der Waals surface area contributed by atoms with Crippen molar-refractivity contribution < 1.29 is 4.79 Å². The van der Waals surface area contributed by atoms with E-state index in [1.165, 1.54) is 6.92 Å². The molecule has 2 N–H and O–H groups in total. The third kappa shape index (κ3) is 2.53. The number of nitrogens with one attached hydrogen (secondary N) is 2. The number of aromatic nitrogens is 1. The van der Waals surface area contributed by atoms with Gasteiger partial charge in [-0.15, -0.1) is 0 Å². The summed E-state index contributed by atoms with van der Waals surface area (Å²) in [4.78, 5) is 14.9. The van der Waals surface area contributed by atoms with Gasteiger partial charge in [-0.25, -0.2) is 0 Å². The number of amides is 1. The average molecular weight is 193 g/mol. The van der Waals surface area contributed by atoms with Crippen LogP contribution < -0.4 is 10.6 Å². The Balaban J connectivity index is 2.96. The minimum atomic E-state index is -0.0810. The molecule has 0 aromatic carbocycles. The fourth-order valence-corrected chi connectivity index (χ4v) is 1.23. The van der Waals surface area contributed by atoms with Crippen LogP contribution in [0.3, 0.4) is 0 Å². The molecule has 0 aliphatic carbocycles. The summed E-state index contributed by atoms with van der Waals surface area (Å²) >= 11 is 0. The van der Waals surface area contributed by atoms with E-state index in [4.69, 9.17) is 0 Å².